The molecule has 25 heavy (non-hydrogen) atoms. The average molecular weight is 347 g/mol. The number of primary amides is 1. The van der Waals surface area contributed by atoms with E-state index in [4.69, 9.17) is 5.73 Å². The zero-order valence-electron chi connectivity index (χ0n) is 15.2. The summed E-state index contributed by atoms with van der Waals surface area (Å²) in [6, 6.07) is 7.09. The normalized spacial score (nSPS) is 10.3. The summed E-state index contributed by atoms with van der Waals surface area (Å²) in [6.07, 6.45) is 3.09. The van der Waals surface area contributed by atoms with E-state index in [1.165, 1.54) is 0 Å². The summed E-state index contributed by atoms with van der Waals surface area (Å²) in [6.45, 7) is 5.62. The zero-order chi connectivity index (χ0) is 18.7. The molecule has 0 atom stereocenters. The molecule has 0 aliphatic carbocycles. The van der Waals surface area contributed by atoms with Crippen LogP contribution in [0.15, 0.2) is 24.3 Å². The molecule has 0 saturated carbocycles. The van der Waals surface area contributed by atoms with Gasteiger partial charge in [0.05, 0.1) is 6.42 Å². The van der Waals surface area contributed by atoms with Crippen molar-refractivity contribution in [3.05, 3.63) is 29.8 Å². The van der Waals surface area contributed by atoms with Gasteiger partial charge in [0.1, 0.15) is 0 Å². The molecular formula is C19H29N3O3. The smallest absolute Gasteiger partial charge is 0.224 e. The van der Waals surface area contributed by atoms with Crippen LogP contribution in [0, 0.1) is 0 Å². The van der Waals surface area contributed by atoms with E-state index in [1.54, 1.807) is 24.3 Å². The molecule has 1 rings (SSSR count). The van der Waals surface area contributed by atoms with Crippen molar-refractivity contribution in [3.8, 4) is 0 Å². The highest BCUT2D eigenvalue weighted by Gasteiger charge is 2.13. The Kier molecular flexibility index (Phi) is 9.29. The van der Waals surface area contributed by atoms with Gasteiger partial charge in [-0.15, -0.1) is 0 Å². The standard InChI is InChI=1S/C19H29N3O3/c1-3-12-22(13-4-2)19(25)11-7-10-18(24)21-16-9-6-5-8-15(16)14-17(20)23/h5-6,8-9H,3-4,7,10-14H2,1-2H3,(H2,20,23)(H,21,24). The molecular weight excluding hydrogens is 318 g/mol. The molecule has 138 valence electrons. The van der Waals surface area contributed by atoms with Gasteiger partial charge in [-0.05, 0) is 30.9 Å². The Hall–Kier alpha value is -2.37. The van der Waals surface area contributed by atoms with Gasteiger partial charge in [0.2, 0.25) is 17.7 Å². The maximum absolute atomic E-state index is 12.2. The molecule has 0 aliphatic heterocycles. The van der Waals surface area contributed by atoms with E-state index in [0.717, 1.165) is 25.9 Å². The Bertz CT molecular complexity index is 581. The summed E-state index contributed by atoms with van der Waals surface area (Å²) in [7, 11) is 0. The number of nitrogens with one attached hydrogen (secondary N) is 1. The van der Waals surface area contributed by atoms with Crippen LogP contribution >= 0.6 is 0 Å². The highest BCUT2D eigenvalue weighted by atomic mass is 16.2. The molecule has 1 aromatic rings. The Balaban J connectivity index is 2.47. The van der Waals surface area contributed by atoms with Crippen LogP contribution in [-0.2, 0) is 20.8 Å². The fraction of sp³-hybridized carbons (Fsp3) is 0.526. The summed E-state index contributed by atoms with van der Waals surface area (Å²) in [5.41, 5.74) is 6.51. The molecule has 0 heterocycles. The first-order chi connectivity index (χ1) is 12.0. The number of carbonyl (C=O) groups excluding carboxylic acids is 3. The molecule has 3 amide bonds. The SMILES string of the molecule is CCCN(CCC)C(=O)CCCC(=O)Nc1ccccc1CC(N)=O. The van der Waals surface area contributed by atoms with E-state index >= 15 is 0 Å². The van der Waals surface area contributed by atoms with Crippen molar-refractivity contribution < 1.29 is 14.4 Å². The minimum atomic E-state index is -0.445. The second-order valence-electron chi connectivity index (χ2n) is 6.08. The van der Waals surface area contributed by atoms with Gasteiger partial charge in [-0.1, -0.05) is 32.0 Å². The van der Waals surface area contributed by atoms with Crippen LogP contribution in [-0.4, -0.2) is 35.7 Å². The van der Waals surface area contributed by atoms with Crippen molar-refractivity contribution in [2.24, 2.45) is 5.73 Å². The van der Waals surface area contributed by atoms with Crippen molar-refractivity contribution in [1.82, 2.24) is 4.90 Å². The number of hydrogen-bond donors (Lipinski definition) is 2. The first-order valence-corrected chi connectivity index (χ1v) is 8.91. The van der Waals surface area contributed by atoms with Crippen LogP contribution in [0.2, 0.25) is 0 Å². The molecule has 0 fully saturated rings. The second-order valence-corrected chi connectivity index (χ2v) is 6.08. The topological polar surface area (TPSA) is 92.5 Å². The van der Waals surface area contributed by atoms with Gasteiger partial charge in [0.15, 0.2) is 0 Å². The maximum Gasteiger partial charge on any atom is 0.224 e. The third kappa shape index (κ3) is 7.83. The Morgan fingerprint density at radius 1 is 1.04 bits per heavy atom. The number of benzene rings is 1. The van der Waals surface area contributed by atoms with E-state index in [9.17, 15) is 14.4 Å². The molecule has 6 heteroatoms. The lowest BCUT2D eigenvalue weighted by Crippen LogP contribution is -2.32. The van der Waals surface area contributed by atoms with Crippen LogP contribution in [0.3, 0.4) is 0 Å². The molecule has 0 spiro atoms. The third-order valence-corrected chi connectivity index (χ3v) is 3.79. The van der Waals surface area contributed by atoms with Gasteiger partial charge < -0.3 is 16.0 Å². The van der Waals surface area contributed by atoms with Crippen LogP contribution in [0.1, 0.15) is 51.5 Å². The number of rotatable bonds is 11. The van der Waals surface area contributed by atoms with Crippen LogP contribution in [0.5, 0.6) is 0 Å². The number of carbonyl (C=O) groups is 3. The van der Waals surface area contributed by atoms with Gasteiger partial charge >= 0.3 is 0 Å². The fourth-order valence-electron chi connectivity index (χ4n) is 2.66. The number of para-hydroxylation sites is 1. The van der Waals surface area contributed by atoms with Crippen LogP contribution < -0.4 is 11.1 Å². The monoisotopic (exact) mass is 347 g/mol. The van der Waals surface area contributed by atoms with Crippen LogP contribution in [0.4, 0.5) is 5.69 Å². The van der Waals surface area contributed by atoms with Crippen molar-refractivity contribution in [2.45, 2.75) is 52.4 Å². The quantitative estimate of drug-likeness (QED) is 0.644. The van der Waals surface area contributed by atoms with Gasteiger partial charge in [0.25, 0.3) is 0 Å². The maximum atomic E-state index is 12.2. The van der Waals surface area contributed by atoms with Gasteiger partial charge in [0, 0.05) is 31.6 Å². The summed E-state index contributed by atoms with van der Waals surface area (Å²) >= 11 is 0. The predicted molar refractivity (Wildman–Crippen MR) is 99.0 cm³/mol. The molecule has 0 bridgehead atoms. The Morgan fingerprint density at radius 3 is 2.28 bits per heavy atom. The largest absolute Gasteiger partial charge is 0.369 e. The lowest BCUT2D eigenvalue weighted by atomic mass is 10.1. The molecule has 1 aromatic carbocycles. The van der Waals surface area contributed by atoms with E-state index in [2.05, 4.69) is 5.32 Å². The number of anilines is 1. The van der Waals surface area contributed by atoms with E-state index < -0.39 is 5.91 Å². The highest BCUT2D eigenvalue weighted by molar-refractivity contribution is 5.92. The lowest BCUT2D eigenvalue weighted by Gasteiger charge is -2.21. The first kappa shape index (κ1) is 20.7. The second kappa shape index (κ2) is 11.2. The van der Waals surface area contributed by atoms with E-state index in [0.29, 0.717) is 24.1 Å². The molecule has 0 saturated heterocycles. The number of hydrogen-bond acceptors (Lipinski definition) is 3. The van der Waals surface area contributed by atoms with Crippen molar-refractivity contribution in [3.63, 3.8) is 0 Å². The molecule has 6 nitrogen and oxygen atoms in total. The number of nitrogens with two attached hydrogens (primary N) is 1. The highest BCUT2D eigenvalue weighted by Crippen LogP contribution is 2.16. The van der Waals surface area contributed by atoms with Crippen molar-refractivity contribution in [2.75, 3.05) is 18.4 Å². The van der Waals surface area contributed by atoms with Gasteiger partial charge in [-0.3, -0.25) is 14.4 Å². The average Bonchev–Trinajstić information content (AvgIpc) is 2.56. The van der Waals surface area contributed by atoms with Crippen molar-refractivity contribution in [1.29, 1.82) is 0 Å². The summed E-state index contributed by atoms with van der Waals surface area (Å²) < 4.78 is 0. The molecule has 3 N–H and O–H groups in total. The summed E-state index contributed by atoms with van der Waals surface area (Å²) in [5.74, 6) is -0.507. The minimum absolute atomic E-state index is 0.0813. The van der Waals surface area contributed by atoms with E-state index in [-0.39, 0.29) is 24.7 Å². The third-order valence-electron chi connectivity index (χ3n) is 3.79. The molecule has 0 unspecified atom stereocenters. The molecule has 0 aliphatic rings. The van der Waals surface area contributed by atoms with Gasteiger partial charge in [-0.2, -0.15) is 0 Å². The van der Waals surface area contributed by atoms with Gasteiger partial charge in [-0.25, -0.2) is 0 Å². The lowest BCUT2D eigenvalue weighted by molar-refractivity contribution is -0.131. The van der Waals surface area contributed by atoms with Crippen molar-refractivity contribution >= 4 is 23.4 Å². The predicted octanol–water partition coefficient (Wildman–Crippen LogP) is 2.47. The summed E-state index contributed by atoms with van der Waals surface area (Å²) in [4.78, 5) is 37.2. The fourth-order valence-corrected chi connectivity index (χ4v) is 2.66. The first-order valence-electron chi connectivity index (χ1n) is 8.91. The minimum Gasteiger partial charge on any atom is -0.369 e. The van der Waals surface area contributed by atoms with Crippen LogP contribution in [0.25, 0.3) is 0 Å². The molecule has 0 radical (unpaired) electrons. The number of amides is 3. The van der Waals surface area contributed by atoms with E-state index in [1.807, 2.05) is 18.7 Å². The Morgan fingerprint density at radius 2 is 1.68 bits per heavy atom. The zero-order valence-corrected chi connectivity index (χ0v) is 15.2. The Labute approximate surface area is 149 Å². The summed E-state index contributed by atoms with van der Waals surface area (Å²) in [5, 5.41) is 2.80. The molecule has 0 aromatic heterocycles. The number of nitrogens with zero attached hydrogens (tertiary/aromatic N) is 1.